The van der Waals surface area contributed by atoms with E-state index >= 15 is 0 Å². The van der Waals surface area contributed by atoms with Crippen LogP contribution in [0.3, 0.4) is 0 Å². The Bertz CT molecular complexity index is 1190. The number of nitroso groups, excluding NO2 is 1. The number of hydrogen-bond donors (Lipinski definition) is 3. The molecule has 0 atom stereocenters. The maximum atomic E-state index is 12.3. The molecule has 0 heterocycles. The minimum absolute atomic E-state index is 0.0205. The van der Waals surface area contributed by atoms with Crippen LogP contribution in [0.1, 0.15) is 59.4 Å². The summed E-state index contributed by atoms with van der Waals surface area (Å²) in [7, 11) is 0. The molecule has 39 heavy (non-hydrogen) atoms. The molecule has 0 saturated carbocycles. The number of amides is 1. The standard InChI is InChI=1S/C24H25NO10.C2H4O2/c1-14-7-9-18(19(13-14)22(29)30)24(32)35-12-6-4-5-11-34-23(31)17(16(3)21(27)28)10-8-15(2)20(26)25-33;1-2(3)4/h7-10,13H,2,4-6,11-12H2,1,3H3,(H,27,28)(H,29,30);1H3,(H,3,4)/b10-8-,17-16-;. The summed E-state index contributed by atoms with van der Waals surface area (Å²) in [4.78, 5) is 77.3. The Labute approximate surface area is 223 Å². The number of aliphatic carboxylic acids is 2. The Morgan fingerprint density at radius 3 is 1.97 bits per heavy atom. The van der Waals surface area contributed by atoms with Gasteiger partial charge in [-0.3, -0.25) is 9.59 Å². The predicted molar refractivity (Wildman–Crippen MR) is 136 cm³/mol. The second kappa shape index (κ2) is 17.5. The summed E-state index contributed by atoms with van der Waals surface area (Å²) in [6.45, 7) is 7.21. The number of rotatable bonds is 13. The van der Waals surface area contributed by atoms with Crippen LogP contribution < -0.4 is 0 Å². The number of benzene rings is 1. The third kappa shape index (κ3) is 13.3. The molecule has 0 aliphatic heterocycles. The van der Waals surface area contributed by atoms with Crippen LogP contribution >= 0.6 is 0 Å². The highest BCUT2D eigenvalue weighted by molar-refractivity contribution is 6.03. The van der Waals surface area contributed by atoms with Gasteiger partial charge >= 0.3 is 29.8 Å². The van der Waals surface area contributed by atoms with Crippen molar-refractivity contribution in [3.05, 3.63) is 75.2 Å². The molecule has 0 aliphatic rings. The summed E-state index contributed by atoms with van der Waals surface area (Å²) < 4.78 is 10.2. The number of carbonyl (C=O) groups excluding carboxylic acids is 3. The first-order chi connectivity index (χ1) is 18.2. The van der Waals surface area contributed by atoms with E-state index < -0.39 is 35.8 Å². The highest BCUT2D eigenvalue weighted by Gasteiger charge is 2.18. The van der Waals surface area contributed by atoms with E-state index in [2.05, 4.69) is 11.8 Å². The number of carboxylic acids is 3. The smallest absolute Gasteiger partial charge is 0.339 e. The second-order valence-corrected chi connectivity index (χ2v) is 7.80. The molecule has 210 valence electrons. The monoisotopic (exact) mass is 547 g/mol. The van der Waals surface area contributed by atoms with Gasteiger partial charge in [0.25, 0.3) is 5.97 Å². The van der Waals surface area contributed by atoms with Gasteiger partial charge in [0.1, 0.15) is 0 Å². The second-order valence-electron chi connectivity index (χ2n) is 7.80. The molecular weight excluding hydrogens is 518 g/mol. The van der Waals surface area contributed by atoms with Crippen LogP contribution in [0.15, 0.2) is 58.8 Å². The maximum absolute atomic E-state index is 12.3. The summed E-state index contributed by atoms with van der Waals surface area (Å²) in [6.07, 6.45) is 3.27. The molecular formula is C26H29NO12. The molecule has 0 radical (unpaired) electrons. The zero-order chi connectivity index (χ0) is 30.1. The van der Waals surface area contributed by atoms with Gasteiger partial charge in [0.15, 0.2) is 0 Å². The van der Waals surface area contributed by atoms with E-state index in [1.165, 1.54) is 19.1 Å². The summed E-state index contributed by atoms with van der Waals surface area (Å²) >= 11 is 0. The van der Waals surface area contributed by atoms with E-state index in [1.807, 2.05) is 0 Å². The third-order valence-corrected chi connectivity index (χ3v) is 4.63. The van der Waals surface area contributed by atoms with Crippen molar-refractivity contribution in [2.45, 2.75) is 40.0 Å². The first kappa shape index (κ1) is 34.1. The molecule has 1 aromatic rings. The number of hydrogen-bond acceptors (Lipinski definition) is 9. The summed E-state index contributed by atoms with van der Waals surface area (Å²) in [5.74, 6) is -6.32. The van der Waals surface area contributed by atoms with Gasteiger partial charge in [0.05, 0.1) is 29.9 Å². The van der Waals surface area contributed by atoms with Crippen LogP contribution in [0, 0.1) is 11.8 Å². The van der Waals surface area contributed by atoms with Gasteiger partial charge < -0.3 is 24.8 Å². The number of carboxylic acid groups (broad SMARTS) is 3. The lowest BCUT2D eigenvalue weighted by Crippen LogP contribution is -2.14. The van der Waals surface area contributed by atoms with Crippen LogP contribution in [-0.4, -0.2) is 64.3 Å². The quantitative estimate of drug-likeness (QED) is 0.106. The highest BCUT2D eigenvalue weighted by atomic mass is 16.5. The van der Waals surface area contributed by atoms with Crippen molar-refractivity contribution in [3.63, 3.8) is 0 Å². The fourth-order valence-electron chi connectivity index (χ4n) is 2.65. The van der Waals surface area contributed by atoms with Crippen LogP contribution in [0.2, 0.25) is 0 Å². The molecule has 1 amide bonds. The van der Waals surface area contributed by atoms with Crippen molar-refractivity contribution in [1.29, 1.82) is 0 Å². The third-order valence-electron chi connectivity index (χ3n) is 4.63. The van der Waals surface area contributed by atoms with Gasteiger partial charge in [-0.15, -0.1) is 4.91 Å². The van der Waals surface area contributed by atoms with Crippen LogP contribution in [0.25, 0.3) is 0 Å². The van der Waals surface area contributed by atoms with Crippen LogP contribution in [-0.2, 0) is 28.7 Å². The molecule has 13 heteroatoms. The first-order valence-corrected chi connectivity index (χ1v) is 11.3. The van der Waals surface area contributed by atoms with Crippen molar-refractivity contribution in [1.82, 2.24) is 0 Å². The van der Waals surface area contributed by atoms with Gasteiger partial charge in [-0.25, -0.2) is 19.2 Å². The van der Waals surface area contributed by atoms with E-state index in [-0.39, 0.29) is 41.1 Å². The lowest BCUT2D eigenvalue weighted by atomic mass is 10.0. The fraction of sp³-hybridized carbons (Fsp3) is 0.308. The van der Waals surface area contributed by atoms with Crippen molar-refractivity contribution in [2.24, 2.45) is 5.18 Å². The minimum Gasteiger partial charge on any atom is -0.481 e. The Morgan fingerprint density at radius 1 is 0.897 bits per heavy atom. The van der Waals surface area contributed by atoms with Crippen molar-refractivity contribution < 1.29 is 53.6 Å². The van der Waals surface area contributed by atoms with E-state index in [4.69, 9.17) is 24.5 Å². The number of carbonyl (C=O) groups is 6. The van der Waals surface area contributed by atoms with Crippen LogP contribution in [0.4, 0.5) is 0 Å². The van der Waals surface area contributed by atoms with Gasteiger partial charge in [0.2, 0.25) is 0 Å². The molecule has 1 aromatic carbocycles. The number of nitrogens with zero attached hydrogens (tertiary/aromatic N) is 1. The van der Waals surface area contributed by atoms with E-state index in [0.29, 0.717) is 24.8 Å². The number of ether oxygens (including phenoxy) is 2. The molecule has 0 aliphatic carbocycles. The minimum atomic E-state index is -1.38. The number of esters is 2. The Balaban J connectivity index is 0.00000336. The molecule has 0 unspecified atom stereocenters. The molecule has 0 spiro atoms. The molecule has 0 bridgehead atoms. The van der Waals surface area contributed by atoms with Crippen LogP contribution in [0.5, 0.6) is 0 Å². The van der Waals surface area contributed by atoms with E-state index in [9.17, 15) is 34.0 Å². The van der Waals surface area contributed by atoms with E-state index in [1.54, 1.807) is 13.0 Å². The first-order valence-electron chi connectivity index (χ1n) is 11.3. The SMILES string of the molecule is C=C(/C=C\C(C(=O)OCCCCCOC(=O)c1ccc(C)cc1C(=O)O)=C(/C)C(=O)O)C(=O)N=O.CC(=O)O. The maximum Gasteiger partial charge on any atom is 0.339 e. The average Bonchev–Trinajstić information content (AvgIpc) is 2.86. The lowest BCUT2D eigenvalue weighted by molar-refractivity contribution is -0.140. The summed E-state index contributed by atoms with van der Waals surface area (Å²) in [5.41, 5.74) is -0.512. The molecule has 0 fully saturated rings. The Kier molecular flexibility index (Phi) is 15.3. The molecule has 0 saturated heterocycles. The Hall–Kier alpha value is -4.94. The van der Waals surface area contributed by atoms with Gasteiger partial charge in [-0.1, -0.05) is 18.2 Å². The van der Waals surface area contributed by atoms with Crippen molar-refractivity contribution in [3.8, 4) is 0 Å². The Morgan fingerprint density at radius 2 is 1.46 bits per heavy atom. The molecule has 13 nitrogen and oxygen atoms in total. The van der Waals surface area contributed by atoms with Gasteiger partial charge in [-0.05, 0) is 57.4 Å². The molecule has 1 rings (SSSR count). The summed E-state index contributed by atoms with van der Waals surface area (Å²) in [5, 5.41) is 28.0. The molecule has 3 N–H and O–H groups in total. The largest absolute Gasteiger partial charge is 0.481 e. The average molecular weight is 548 g/mol. The predicted octanol–water partition coefficient (Wildman–Crippen LogP) is 3.46. The fourth-order valence-corrected chi connectivity index (χ4v) is 2.65. The zero-order valence-electron chi connectivity index (χ0n) is 21.6. The topological polar surface area (TPSA) is 211 Å². The highest BCUT2D eigenvalue weighted by Crippen LogP contribution is 2.14. The van der Waals surface area contributed by atoms with E-state index in [0.717, 1.165) is 19.1 Å². The lowest BCUT2D eigenvalue weighted by Gasteiger charge is -2.09. The van der Waals surface area contributed by atoms with Gasteiger partial charge in [-0.2, -0.15) is 0 Å². The van der Waals surface area contributed by atoms with Crippen molar-refractivity contribution in [2.75, 3.05) is 13.2 Å². The zero-order valence-corrected chi connectivity index (χ0v) is 21.6. The van der Waals surface area contributed by atoms with Gasteiger partial charge in [0, 0.05) is 23.2 Å². The number of aromatic carboxylic acids is 1. The number of unbranched alkanes of at least 4 members (excludes halogenated alkanes) is 2. The molecule has 0 aromatic heterocycles. The van der Waals surface area contributed by atoms with Crippen molar-refractivity contribution >= 4 is 35.8 Å². The summed E-state index contributed by atoms with van der Waals surface area (Å²) in [6, 6.07) is 4.37. The number of aryl methyl sites for hydroxylation is 1. The normalized spacial score (nSPS) is 10.8.